The summed E-state index contributed by atoms with van der Waals surface area (Å²) in [5.41, 5.74) is 0.728. The van der Waals surface area contributed by atoms with E-state index in [1.54, 1.807) is 31.4 Å². The van der Waals surface area contributed by atoms with E-state index in [9.17, 15) is 4.79 Å². The minimum Gasteiger partial charge on any atom is -0.497 e. The van der Waals surface area contributed by atoms with E-state index in [4.69, 9.17) is 4.74 Å². The Hall–Kier alpha value is -1.77. The number of carbonyl (C=O) groups excluding carboxylic acids is 1. The molecule has 0 fully saturated rings. The lowest BCUT2D eigenvalue weighted by atomic mass is 10.0. The van der Waals surface area contributed by atoms with Gasteiger partial charge in [0, 0.05) is 5.69 Å². The first-order chi connectivity index (χ1) is 6.26. The lowest BCUT2D eigenvalue weighted by Crippen LogP contribution is -2.06. The van der Waals surface area contributed by atoms with Gasteiger partial charge in [0.15, 0.2) is 0 Å². The van der Waals surface area contributed by atoms with E-state index in [2.05, 4.69) is 11.9 Å². The number of amides is 1. The number of methoxy groups -OCH3 is 1. The van der Waals surface area contributed by atoms with Gasteiger partial charge < -0.3 is 10.1 Å². The second-order valence-corrected chi connectivity index (χ2v) is 2.42. The van der Waals surface area contributed by atoms with Gasteiger partial charge in [0.1, 0.15) is 5.75 Å². The van der Waals surface area contributed by atoms with E-state index in [1.807, 2.05) is 0 Å². The Morgan fingerprint density at radius 1 is 1.46 bits per heavy atom. The largest absolute Gasteiger partial charge is 0.497 e. The van der Waals surface area contributed by atoms with Crippen LogP contribution in [0.3, 0.4) is 0 Å². The van der Waals surface area contributed by atoms with E-state index in [-0.39, 0.29) is 5.91 Å². The minimum absolute atomic E-state index is 0.217. The molecule has 0 heterocycles. The molecule has 0 aromatic heterocycles. The van der Waals surface area contributed by atoms with Crippen molar-refractivity contribution in [3.63, 3.8) is 0 Å². The highest BCUT2D eigenvalue weighted by Crippen LogP contribution is 2.14. The number of nitrogens with one attached hydrogen (secondary N) is 1. The van der Waals surface area contributed by atoms with Crippen LogP contribution < -0.4 is 10.1 Å². The van der Waals surface area contributed by atoms with Gasteiger partial charge in [-0.05, 0) is 30.3 Å². The standard InChI is InChI=1S/C10H11NO2/c1-3-10(12)11-8-4-6-9(13-2)7-5-8/h3-7H,1H2,2H3,(H,11,12)/i10-1. The quantitative estimate of drug-likeness (QED) is 0.713. The molecule has 1 rings (SSSR count). The molecule has 3 nitrogen and oxygen atoms in total. The van der Waals surface area contributed by atoms with Gasteiger partial charge in [0.05, 0.1) is 7.11 Å². The topological polar surface area (TPSA) is 38.3 Å². The lowest BCUT2D eigenvalue weighted by molar-refractivity contribution is -0.111. The predicted octanol–water partition coefficient (Wildman–Crippen LogP) is 1.82. The molecule has 1 aromatic carbocycles. The molecular formula is C10H11NO2. The van der Waals surface area contributed by atoms with Gasteiger partial charge in [0.2, 0.25) is 5.91 Å². The Kier molecular flexibility index (Phi) is 3.09. The maximum Gasteiger partial charge on any atom is 0.247 e. The van der Waals surface area contributed by atoms with E-state index in [1.165, 1.54) is 6.08 Å². The fourth-order valence-electron chi connectivity index (χ4n) is 0.868. The third kappa shape index (κ3) is 2.63. The molecule has 0 atom stereocenters. The summed E-state index contributed by atoms with van der Waals surface area (Å²) < 4.78 is 4.97. The fourth-order valence-corrected chi connectivity index (χ4v) is 0.868. The number of hydrogen-bond donors (Lipinski definition) is 1. The molecule has 68 valence electrons. The summed E-state index contributed by atoms with van der Waals surface area (Å²) in [6, 6.07) is 7.08. The Balaban J connectivity index is 2.69. The van der Waals surface area contributed by atoms with Crippen LogP contribution in [0.1, 0.15) is 0 Å². The number of hydrogen-bond acceptors (Lipinski definition) is 2. The van der Waals surface area contributed by atoms with Crippen molar-refractivity contribution in [3.8, 4) is 5.75 Å². The Bertz CT molecular complexity index is 303. The third-order valence-corrected chi connectivity index (χ3v) is 1.54. The second kappa shape index (κ2) is 4.30. The zero-order valence-corrected chi connectivity index (χ0v) is 7.41. The lowest BCUT2D eigenvalue weighted by Gasteiger charge is -2.03. The first-order valence-electron chi connectivity index (χ1n) is 3.83. The average molecular weight is 176 g/mol. The monoisotopic (exact) mass is 176 g/mol. The van der Waals surface area contributed by atoms with Crippen molar-refractivity contribution in [1.82, 2.24) is 0 Å². The van der Waals surface area contributed by atoms with Crippen molar-refractivity contribution in [1.29, 1.82) is 0 Å². The van der Waals surface area contributed by atoms with E-state index in [0.29, 0.717) is 0 Å². The van der Waals surface area contributed by atoms with E-state index < -0.39 is 0 Å². The first kappa shape index (κ1) is 9.32. The fraction of sp³-hybridized carbons (Fsp3) is 0.100. The van der Waals surface area contributed by atoms with Crippen LogP contribution in [0.25, 0.3) is 0 Å². The molecule has 1 amide bonds. The minimum atomic E-state index is -0.217. The summed E-state index contributed by atoms with van der Waals surface area (Å²) in [6.07, 6.45) is 1.23. The van der Waals surface area contributed by atoms with Crippen molar-refractivity contribution in [2.45, 2.75) is 0 Å². The molecule has 0 unspecified atom stereocenters. The molecule has 0 saturated heterocycles. The van der Waals surface area contributed by atoms with Gasteiger partial charge in [-0.3, -0.25) is 4.79 Å². The Morgan fingerprint density at radius 2 is 2.08 bits per heavy atom. The highest BCUT2D eigenvalue weighted by atomic mass is 16.5. The van der Waals surface area contributed by atoms with Crippen molar-refractivity contribution < 1.29 is 9.53 Å². The molecular weight excluding hydrogens is 165 g/mol. The Morgan fingerprint density at radius 3 is 2.54 bits per heavy atom. The van der Waals surface area contributed by atoms with Crippen molar-refractivity contribution in [2.75, 3.05) is 12.4 Å². The zero-order chi connectivity index (χ0) is 9.68. The number of rotatable bonds is 3. The molecule has 0 saturated carbocycles. The molecule has 1 aromatic rings. The SMILES string of the molecule is C=C[11C](=O)Nc1ccc(OC)cc1. The normalized spacial score (nSPS) is 9.00. The van der Waals surface area contributed by atoms with Gasteiger partial charge in [-0.25, -0.2) is 0 Å². The van der Waals surface area contributed by atoms with Crippen LogP contribution in [0, 0.1) is 0 Å². The third-order valence-electron chi connectivity index (χ3n) is 1.54. The number of anilines is 1. The van der Waals surface area contributed by atoms with Crippen molar-refractivity contribution in [3.05, 3.63) is 36.9 Å². The van der Waals surface area contributed by atoms with Crippen LogP contribution in [-0.4, -0.2) is 13.0 Å². The molecule has 0 radical (unpaired) electrons. The van der Waals surface area contributed by atoms with Gasteiger partial charge in [-0.15, -0.1) is 0 Å². The second-order valence-electron chi connectivity index (χ2n) is 2.42. The van der Waals surface area contributed by atoms with Gasteiger partial charge in [-0.1, -0.05) is 6.58 Å². The maximum atomic E-state index is 10.9. The van der Waals surface area contributed by atoms with Crippen LogP contribution in [-0.2, 0) is 4.79 Å². The van der Waals surface area contributed by atoms with Crippen molar-refractivity contribution in [2.24, 2.45) is 0 Å². The maximum absolute atomic E-state index is 10.9. The predicted molar refractivity (Wildman–Crippen MR) is 51.8 cm³/mol. The van der Waals surface area contributed by atoms with E-state index >= 15 is 0 Å². The molecule has 0 aliphatic heterocycles. The summed E-state index contributed by atoms with van der Waals surface area (Å²) in [7, 11) is 1.59. The number of benzene rings is 1. The van der Waals surface area contributed by atoms with Crippen LogP contribution in [0.15, 0.2) is 36.9 Å². The van der Waals surface area contributed by atoms with Gasteiger partial charge >= 0.3 is 0 Å². The average Bonchev–Trinajstić information content (AvgIpc) is 2.19. The first-order valence-corrected chi connectivity index (χ1v) is 3.83. The smallest absolute Gasteiger partial charge is 0.247 e. The summed E-state index contributed by atoms with van der Waals surface area (Å²) in [4.78, 5) is 10.9. The summed E-state index contributed by atoms with van der Waals surface area (Å²) >= 11 is 0. The molecule has 1 N–H and O–H groups in total. The van der Waals surface area contributed by atoms with E-state index in [0.717, 1.165) is 11.4 Å². The molecule has 0 bridgehead atoms. The van der Waals surface area contributed by atoms with Gasteiger partial charge in [0.25, 0.3) is 0 Å². The highest BCUT2D eigenvalue weighted by Gasteiger charge is 1.96. The molecule has 13 heavy (non-hydrogen) atoms. The Labute approximate surface area is 77.0 Å². The zero-order valence-electron chi connectivity index (χ0n) is 7.41. The number of ether oxygens (including phenoxy) is 1. The molecule has 3 heteroatoms. The summed E-state index contributed by atoms with van der Waals surface area (Å²) in [6.45, 7) is 3.35. The molecule has 0 aliphatic carbocycles. The van der Waals surface area contributed by atoms with Crippen LogP contribution in [0.4, 0.5) is 5.69 Å². The van der Waals surface area contributed by atoms with Crippen LogP contribution in [0.2, 0.25) is 0 Å². The van der Waals surface area contributed by atoms with Crippen LogP contribution in [0.5, 0.6) is 5.75 Å². The summed E-state index contributed by atoms with van der Waals surface area (Å²) in [5.74, 6) is 0.543. The molecule has 0 aliphatic rings. The summed E-state index contributed by atoms with van der Waals surface area (Å²) in [5, 5.41) is 2.63. The van der Waals surface area contributed by atoms with Crippen LogP contribution >= 0.6 is 0 Å². The van der Waals surface area contributed by atoms with Crippen molar-refractivity contribution >= 4 is 11.6 Å². The van der Waals surface area contributed by atoms with Gasteiger partial charge in [-0.2, -0.15) is 0 Å². The highest BCUT2D eigenvalue weighted by molar-refractivity contribution is 5.98. The molecule has 0 spiro atoms. The number of carbonyl (C=O) groups is 1.